The van der Waals surface area contributed by atoms with Crippen molar-refractivity contribution in [3.05, 3.63) is 61.2 Å². The molecule has 1 saturated heterocycles. The quantitative estimate of drug-likeness (QED) is 0.614. The average Bonchev–Trinajstić information content (AvgIpc) is 3.38. The van der Waals surface area contributed by atoms with Crippen molar-refractivity contribution < 1.29 is 9.53 Å². The maximum atomic E-state index is 12.8. The van der Waals surface area contributed by atoms with Crippen molar-refractivity contribution in [2.75, 3.05) is 6.61 Å². The van der Waals surface area contributed by atoms with E-state index in [9.17, 15) is 4.79 Å². The predicted octanol–water partition coefficient (Wildman–Crippen LogP) is 4.98. The van der Waals surface area contributed by atoms with Crippen LogP contribution in [-0.4, -0.2) is 22.3 Å². The van der Waals surface area contributed by atoms with Gasteiger partial charge in [0.2, 0.25) is 0 Å². The van der Waals surface area contributed by atoms with Gasteiger partial charge in [-0.3, -0.25) is 4.79 Å². The Kier molecular flexibility index (Phi) is 5.03. The van der Waals surface area contributed by atoms with Crippen molar-refractivity contribution >= 4 is 40.2 Å². The number of ether oxygens (including phenoxy) is 1. The van der Waals surface area contributed by atoms with Gasteiger partial charge in [0, 0.05) is 22.6 Å². The van der Waals surface area contributed by atoms with Gasteiger partial charge in [0.1, 0.15) is 6.10 Å². The van der Waals surface area contributed by atoms with Crippen molar-refractivity contribution in [3.63, 3.8) is 0 Å². The van der Waals surface area contributed by atoms with Gasteiger partial charge in [-0.2, -0.15) is 16.4 Å². The molecule has 0 saturated carbocycles. The molecular formula is C18H17ClN2O2S2. The molecule has 0 N–H and O–H groups in total. The van der Waals surface area contributed by atoms with Gasteiger partial charge in [-0.1, -0.05) is 11.6 Å². The van der Waals surface area contributed by atoms with Crippen LogP contribution >= 0.6 is 34.3 Å². The molecule has 4 heterocycles. The van der Waals surface area contributed by atoms with Crippen molar-refractivity contribution in [2.45, 2.75) is 31.8 Å². The van der Waals surface area contributed by atoms with Crippen LogP contribution in [0.25, 0.3) is 0 Å². The highest BCUT2D eigenvalue weighted by molar-refractivity contribution is 7.16. The highest BCUT2D eigenvalue weighted by Gasteiger charge is 2.24. The number of hydrogen-bond acceptors (Lipinski definition) is 5. The highest BCUT2D eigenvalue weighted by atomic mass is 35.5. The molecule has 3 aromatic rings. The first-order valence-electron chi connectivity index (χ1n) is 8.22. The maximum absolute atomic E-state index is 12.8. The van der Waals surface area contributed by atoms with Crippen LogP contribution in [0.1, 0.15) is 45.6 Å². The van der Waals surface area contributed by atoms with E-state index in [2.05, 4.69) is 5.10 Å². The number of thiophene rings is 2. The maximum Gasteiger partial charge on any atom is 0.279 e. The van der Waals surface area contributed by atoms with Gasteiger partial charge in [0.05, 0.1) is 15.6 Å². The highest BCUT2D eigenvalue weighted by Crippen LogP contribution is 2.29. The zero-order valence-electron chi connectivity index (χ0n) is 13.5. The molecule has 0 spiro atoms. The topological polar surface area (TPSA) is 44.1 Å². The Morgan fingerprint density at radius 2 is 2.28 bits per heavy atom. The Balaban J connectivity index is 1.61. The molecule has 3 aromatic heterocycles. The van der Waals surface area contributed by atoms with Crippen LogP contribution in [0.3, 0.4) is 0 Å². The van der Waals surface area contributed by atoms with Crippen molar-refractivity contribution in [1.82, 2.24) is 9.78 Å². The van der Waals surface area contributed by atoms with Gasteiger partial charge < -0.3 is 4.74 Å². The lowest BCUT2D eigenvalue weighted by Crippen LogP contribution is -2.16. The molecule has 0 bridgehead atoms. The fraction of sp³-hybridized carbons (Fsp3) is 0.333. The van der Waals surface area contributed by atoms with E-state index in [-0.39, 0.29) is 12.0 Å². The van der Waals surface area contributed by atoms with Gasteiger partial charge in [0.15, 0.2) is 0 Å². The Hall–Kier alpha value is -1.47. The summed E-state index contributed by atoms with van der Waals surface area (Å²) in [7, 11) is 0. The third-order valence-corrected chi connectivity index (χ3v) is 6.25. The van der Waals surface area contributed by atoms with Crippen molar-refractivity contribution in [2.24, 2.45) is 0 Å². The van der Waals surface area contributed by atoms with Gasteiger partial charge >= 0.3 is 0 Å². The summed E-state index contributed by atoms with van der Waals surface area (Å²) in [6, 6.07) is 7.81. The lowest BCUT2D eigenvalue weighted by atomic mass is 10.1. The van der Waals surface area contributed by atoms with E-state index in [1.807, 2.05) is 35.0 Å². The van der Waals surface area contributed by atoms with E-state index in [1.54, 1.807) is 16.0 Å². The standard InChI is InChI=1S/C18H17ClN2O2S2/c19-17-6-5-14(25-17)4-3-13-10-15(16-2-1-8-23-16)20-21(13)18(22)12-7-9-24-11-12/h5-7,9-11,16H,1-4,8H2. The fourth-order valence-electron chi connectivity index (χ4n) is 3.01. The van der Waals surface area contributed by atoms with Gasteiger partial charge in [-0.05, 0) is 55.3 Å². The molecule has 0 radical (unpaired) electrons. The Morgan fingerprint density at radius 1 is 1.36 bits per heavy atom. The average molecular weight is 393 g/mol. The molecule has 1 atom stereocenters. The minimum Gasteiger partial charge on any atom is -0.372 e. The van der Waals surface area contributed by atoms with Gasteiger partial charge in [-0.15, -0.1) is 11.3 Å². The second kappa shape index (κ2) is 7.41. The molecule has 7 heteroatoms. The number of rotatable bonds is 5. The van der Waals surface area contributed by atoms with E-state index < -0.39 is 0 Å². The van der Waals surface area contributed by atoms with Crippen LogP contribution in [-0.2, 0) is 17.6 Å². The molecule has 0 aliphatic carbocycles. The second-order valence-electron chi connectivity index (χ2n) is 6.00. The number of halogens is 1. The molecular weight excluding hydrogens is 376 g/mol. The van der Waals surface area contributed by atoms with Crippen molar-refractivity contribution in [3.8, 4) is 0 Å². The van der Waals surface area contributed by atoms with Crippen LogP contribution in [0, 0.1) is 0 Å². The summed E-state index contributed by atoms with van der Waals surface area (Å²) < 4.78 is 8.08. The van der Waals surface area contributed by atoms with Gasteiger partial charge in [0.25, 0.3) is 5.91 Å². The summed E-state index contributed by atoms with van der Waals surface area (Å²) in [6.07, 6.45) is 3.59. The first kappa shape index (κ1) is 17.0. The Bertz CT molecular complexity index is 864. The molecule has 4 nitrogen and oxygen atoms in total. The zero-order chi connectivity index (χ0) is 17.2. The molecule has 4 rings (SSSR count). The largest absolute Gasteiger partial charge is 0.372 e. The molecule has 0 amide bonds. The number of carbonyl (C=O) groups excluding carboxylic acids is 1. The van der Waals surface area contributed by atoms with Crippen molar-refractivity contribution in [1.29, 1.82) is 0 Å². The number of nitrogens with zero attached hydrogens (tertiary/aromatic N) is 2. The van der Waals surface area contributed by atoms with Crippen LogP contribution < -0.4 is 0 Å². The summed E-state index contributed by atoms with van der Waals surface area (Å²) in [4.78, 5) is 14.0. The predicted molar refractivity (Wildman–Crippen MR) is 101 cm³/mol. The lowest BCUT2D eigenvalue weighted by molar-refractivity contribution is 0.0930. The molecule has 130 valence electrons. The van der Waals surface area contributed by atoms with E-state index in [4.69, 9.17) is 16.3 Å². The summed E-state index contributed by atoms with van der Waals surface area (Å²) in [5.74, 6) is -0.0790. The molecule has 0 aromatic carbocycles. The minimum atomic E-state index is -0.0790. The lowest BCUT2D eigenvalue weighted by Gasteiger charge is -2.05. The third kappa shape index (κ3) is 3.72. The smallest absolute Gasteiger partial charge is 0.279 e. The van der Waals surface area contributed by atoms with E-state index in [0.717, 1.165) is 48.0 Å². The van der Waals surface area contributed by atoms with Gasteiger partial charge in [-0.25, -0.2) is 4.68 Å². The minimum absolute atomic E-state index is 0.00598. The zero-order valence-corrected chi connectivity index (χ0v) is 15.9. The molecule has 1 aliphatic heterocycles. The molecule has 25 heavy (non-hydrogen) atoms. The van der Waals surface area contributed by atoms with E-state index >= 15 is 0 Å². The first-order chi connectivity index (χ1) is 12.2. The first-order valence-corrected chi connectivity index (χ1v) is 10.4. The Labute approximate surface area is 159 Å². The van der Waals surface area contributed by atoms with Crippen LogP contribution in [0.5, 0.6) is 0 Å². The van der Waals surface area contributed by atoms with Crippen LogP contribution in [0.2, 0.25) is 4.34 Å². The SMILES string of the molecule is O=C(c1ccsc1)n1nc(C2CCCO2)cc1CCc1ccc(Cl)s1. The van der Waals surface area contributed by atoms with E-state index in [0.29, 0.717) is 5.56 Å². The normalized spacial score (nSPS) is 17.2. The molecule has 1 unspecified atom stereocenters. The molecule has 1 aliphatic rings. The van der Waals surface area contributed by atoms with Crippen LogP contribution in [0.15, 0.2) is 35.0 Å². The number of aromatic nitrogens is 2. The monoisotopic (exact) mass is 392 g/mol. The van der Waals surface area contributed by atoms with E-state index in [1.165, 1.54) is 16.2 Å². The number of hydrogen-bond donors (Lipinski definition) is 0. The summed E-state index contributed by atoms with van der Waals surface area (Å²) in [5.41, 5.74) is 2.46. The second-order valence-corrected chi connectivity index (χ2v) is 8.58. The number of carbonyl (C=O) groups is 1. The fourth-order valence-corrected chi connectivity index (χ4v) is 4.73. The number of aryl methyl sites for hydroxylation is 2. The Morgan fingerprint density at radius 3 is 2.96 bits per heavy atom. The summed E-state index contributed by atoms with van der Waals surface area (Å²) in [5, 5.41) is 8.36. The summed E-state index contributed by atoms with van der Waals surface area (Å²) in [6.45, 7) is 0.763. The molecule has 1 fully saturated rings. The van der Waals surface area contributed by atoms with Crippen LogP contribution in [0.4, 0.5) is 0 Å². The third-order valence-electron chi connectivity index (χ3n) is 4.28. The summed E-state index contributed by atoms with van der Waals surface area (Å²) >= 11 is 9.11.